The van der Waals surface area contributed by atoms with Gasteiger partial charge in [-0.15, -0.1) is 0 Å². The molecule has 0 aromatic carbocycles. The van der Waals surface area contributed by atoms with E-state index in [-0.39, 0.29) is 6.03 Å². The average Bonchev–Trinajstić information content (AvgIpc) is 2.27. The van der Waals surface area contributed by atoms with E-state index in [0.29, 0.717) is 18.0 Å². The molecule has 2 N–H and O–H groups in total. The highest BCUT2D eigenvalue weighted by Crippen LogP contribution is 2.12. The van der Waals surface area contributed by atoms with Crippen LogP contribution in [0.1, 0.15) is 40.5 Å². The SMILES string of the molecule is CC(C)CNC(=O)NC1CCN(C(C)C)CC1. The number of likely N-dealkylation sites (tertiary alicyclic amines) is 1. The molecule has 2 amide bonds. The lowest BCUT2D eigenvalue weighted by molar-refractivity contribution is 0.161. The first kappa shape index (κ1) is 14.3. The lowest BCUT2D eigenvalue weighted by Gasteiger charge is -2.34. The van der Waals surface area contributed by atoms with Crippen LogP contribution in [0, 0.1) is 5.92 Å². The van der Waals surface area contributed by atoms with Gasteiger partial charge in [0.15, 0.2) is 0 Å². The molecule has 0 radical (unpaired) electrons. The van der Waals surface area contributed by atoms with Crippen LogP contribution in [-0.4, -0.2) is 42.6 Å². The number of hydrogen-bond acceptors (Lipinski definition) is 2. The summed E-state index contributed by atoms with van der Waals surface area (Å²) in [5, 5.41) is 5.96. The molecule has 0 aromatic rings. The van der Waals surface area contributed by atoms with E-state index in [4.69, 9.17) is 0 Å². The number of urea groups is 1. The van der Waals surface area contributed by atoms with Gasteiger partial charge in [-0.2, -0.15) is 0 Å². The Bertz CT molecular complexity index is 233. The summed E-state index contributed by atoms with van der Waals surface area (Å²) in [5.41, 5.74) is 0. The van der Waals surface area contributed by atoms with Crippen LogP contribution in [0.3, 0.4) is 0 Å². The molecular formula is C13H27N3O. The molecule has 0 saturated carbocycles. The van der Waals surface area contributed by atoms with Crippen molar-refractivity contribution >= 4 is 6.03 Å². The maximum absolute atomic E-state index is 11.6. The summed E-state index contributed by atoms with van der Waals surface area (Å²) in [6.07, 6.45) is 2.13. The van der Waals surface area contributed by atoms with Crippen molar-refractivity contribution < 1.29 is 4.79 Å². The maximum atomic E-state index is 11.6. The molecule has 1 saturated heterocycles. The van der Waals surface area contributed by atoms with Crippen LogP contribution < -0.4 is 10.6 Å². The van der Waals surface area contributed by atoms with Crippen LogP contribution in [0.15, 0.2) is 0 Å². The molecule has 1 aliphatic rings. The van der Waals surface area contributed by atoms with Crippen molar-refractivity contribution in [2.24, 2.45) is 5.92 Å². The van der Waals surface area contributed by atoms with Gasteiger partial charge >= 0.3 is 6.03 Å². The van der Waals surface area contributed by atoms with E-state index in [1.807, 2.05) is 0 Å². The van der Waals surface area contributed by atoms with Gasteiger partial charge in [0.05, 0.1) is 0 Å². The van der Waals surface area contributed by atoms with Crippen molar-refractivity contribution in [1.82, 2.24) is 15.5 Å². The summed E-state index contributed by atoms with van der Waals surface area (Å²) in [6, 6.07) is 0.949. The van der Waals surface area contributed by atoms with Crippen LogP contribution in [0.2, 0.25) is 0 Å². The Kier molecular flexibility index (Phi) is 5.75. The number of hydrogen-bond donors (Lipinski definition) is 2. The molecule has 0 spiro atoms. The standard InChI is InChI=1S/C13H27N3O/c1-10(2)9-14-13(17)15-12-5-7-16(8-6-12)11(3)4/h10-12H,5-9H2,1-4H3,(H2,14,15,17). The number of piperidine rings is 1. The lowest BCUT2D eigenvalue weighted by atomic mass is 10.0. The maximum Gasteiger partial charge on any atom is 0.315 e. The second-order valence-corrected chi connectivity index (χ2v) is 5.65. The Morgan fingerprint density at radius 2 is 1.82 bits per heavy atom. The predicted molar refractivity (Wildman–Crippen MR) is 71.1 cm³/mol. The fraction of sp³-hybridized carbons (Fsp3) is 0.923. The summed E-state index contributed by atoms with van der Waals surface area (Å²) in [4.78, 5) is 14.1. The van der Waals surface area contributed by atoms with Gasteiger partial charge in [0.1, 0.15) is 0 Å². The van der Waals surface area contributed by atoms with E-state index in [2.05, 4.69) is 43.2 Å². The van der Waals surface area contributed by atoms with Gasteiger partial charge in [0, 0.05) is 31.7 Å². The van der Waals surface area contributed by atoms with Gasteiger partial charge in [-0.1, -0.05) is 13.8 Å². The Morgan fingerprint density at radius 1 is 1.24 bits per heavy atom. The van der Waals surface area contributed by atoms with Crippen LogP contribution in [0.25, 0.3) is 0 Å². The molecule has 0 bridgehead atoms. The van der Waals surface area contributed by atoms with E-state index in [9.17, 15) is 4.79 Å². The molecule has 1 rings (SSSR count). The number of carbonyl (C=O) groups is 1. The normalized spacial score (nSPS) is 18.7. The minimum Gasteiger partial charge on any atom is -0.338 e. The molecule has 0 atom stereocenters. The summed E-state index contributed by atoms with van der Waals surface area (Å²) >= 11 is 0. The monoisotopic (exact) mass is 241 g/mol. The third kappa shape index (κ3) is 5.39. The molecule has 0 unspecified atom stereocenters. The zero-order chi connectivity index (χ0) is 12.8. The van der Waals surface area contributed by atoms with E-state index < -0.39 is 0 Å². The topological polar surface area (TPSA) is 44.4 Å². The van der Waals surface area contributed by atoms with E-state index in [0.717, 1.165) is 32.5 Å². The van der Waals surface area contributed by atoms with E-state index in [1.165, 1.54) is 0 Å². The van der Waals surface area contributed by atoms with Crippen molar-refractivity contribution in [3.05, 3.63) is 0 Å². The Labute approximate surface area is 105 Å². The highest BCUT2D eigenvalue weighted by molar-refractivity contribution is 5.74. The van der Waals surface area contributed by atoms with Crippen molar-refractivity contribution in [1.29, 1.82) is 0 Å². The molecule has 4 nitrogen and oxygen atoms in total. The first-order valence-electron chi connectivity index (χ1n) is 6.77. The van der Waals surface area contributed by atoms with Crippen LogP contribution in [-0.2, 0) is 0 Å². The molecule has 0 aliphatic carbocycles. The molecule has 4 heteroatoms. The third-order valence-corrected chi connectivity index (χ3v) is 3.27. The first-order chi connectivity index (χ1) is 7.99. The lowest BCUT2D eigenvalue weighted by Crippen LogP contribution is -2.49. The Hall–Kier alpha value is -0.770. The number of carbonyl (C=O) groups excluding carboxylic acids is 1. The summed E-state index contributed by atoms with van der Waals surface area (Å²) in [6.45, 7) is 11.6. The van der Waals surface area contributed by atoms with Crippen molar-refractivity contribution in [2.75, 3.05) is 19.6 Å². The van der Waals surface area contributed by atoms with E-state index in [1.54, 1.807) is 0 Å². The zero-order valence-electron chi connectivity index (χ0n) is 11.6. The largest absolute Gasteiger partial charge is 0.338 e. The van der Waals surface area contributed by atoms with Crippen molar-refractivity contribution in [2.45, 2.75) is 52.6 Å². The zero-order valence-corrected chi connectivity index (χ0v) is 11.6. The molecule has 1 fully saturated rings. The van der Waals surface area contributed by atoms with Crippen LogP contribution >= 0.6 is 0 Å². The Balaban J connectivity index is 2.19. The second-order valence-electron chi connectivity index (χ2n) is 5.65. The first-order valence-corrected chi connectivity index (χ1v) is 6.77. The number of amides is 2. The van der Waals surface area contributed by atoms with Gasteiger partial charge in [-0.3, -0.25) is 0 Å². The number of nitrogens with zero attached hydrogens (tertiary/aromatic N) is 1. The average molecular weight is 241 g/mol. The van der Waals surface area contributed by atoms with Crippen molar-refractivity contribution in [3.63, 3.8) is 0 Å². The van der Waals surface area contributed by atoms with Crippen LogP contribution in [0.4, 0.5) is 4.79 Å². The molecule has 100 valence electrons. The molecular weight excluding hydrogens is 214 g/mol. The second kappa shape index (κ2) is 6.84. The minimum absolute atomic E-state index is 0.0123. The highest BCUT2D eigenvalue weighted by atomic mass is 16.2. The fourth-order valence-electron chi connectivity index (χ4n) is 2.09. The van der Waals surface area contributed by atoms with E-state index >= 15 is 0 Å². The van der Waals surface area contributed by atoms with Gasteiger partial charge in [-0.05, 0) is 32.6 Å². The van der Waals surface area contributed by atoms with Gasteiger partial charge in [-0.25, -0.2) is 4.79 Å². The molecule has 1 aliphatic heterocycles. The smallest absolute Gasteiger partial charge is 0.315 e. The fourth-order valence-corrected chi connectivity index (χ4v) is 2.09. The highest BCUT2D eigenvalue weighted by Gasteiger charge is 2.21. The molecule has 0 aromatic heterocycles. The number of nitrogens with one attached hydrogen (secondary N) is 2. The van der Waals surface area contributed by atoms with Gasteiger partial charge < -0.3 is 15.5 Å². The number of rotatable bonds is 4. The summed E-state index contributed by atoms with van der Waals surface area (Å²) in [7, 11) is 0. The molecule has 17 heavy (non-hydrogen) atoms. The summed E-state index contributed by atoms with van der Waals surface area (Å²) < 4.78 is 0. The summed E-state index contributed by atoms with van der Waals surface area (Å²) in [5.74, 6) is 0.503. The van der Waals surface area contributed by atoms with Gasteiger partial charge in [0.25, 0.3) is 0 Å². The third-order valence-electron chi connectivity index (χ3n) is 3.27. The van der Waals surface area contributed by atoms with Crippen molar-refractivity contribution in [3.8, 4) is 0 Å². The van der Waals surface area contributed by atoms with Crippen LogP contribution in [0.5, 0.6) is 0 Å². The predicted octanol–water partition coefficient (Wildman–Crippen LogP) is 1.81. The Morgan fingerprint density at radius 3 is 2.29 bits per heavy atom. The van der Waals surface area contributed by atoms with Gasteiger partial charge in [0.2, 0.25) is 0 Å². The quantitative estimate of drug-likeness (QED) is 0.788. The minimum atomic E-state index is -0.0123. The molecule has 1 heterocycles.